The first-order chi connectivity index (χ1) is 10.7. The summed E-state index contributed by atoms with van der Waals surface area (Å²) in [6.07, 6.45) is 13.0. The lowest BCUT2D eigenvalue weighted by atomic mass is 10.0. The van der Waals surface area contributed by atoms with Gasteiger partial charge in [-0.05, 0) is 18.6 Å². The highest BCUT2D eigenvalue weighted by Gasteiger charge is 2.32. The molecule has 0 saturated carbocycles. The van der Waals surface area contributed by atoms with Crippen LogP contribution in [0.1, 0.15) is 11.9 Å². The maximum Gasteiger partial charge on any atom is 0.141 e. The Morgan fingerprint density at radius 3 is 3.14 bits per heavy atom. The first-order valence-electron chi connectivity index (χ1n) is 6.78. The van der Waals surface area contributed by atoms with Crippen molar-refractivity contribution in [3.8, 4) is 0 Å². The number of nitrogens with one attached hydrogen (secondary N) is 1. The van der Waals surface area contributed by atoms with E-state index in [2.05, 4.69) is 33.0 Å². The topological polar surface area (TPSA) is 40.5 Å². The summed E-state index contributed by atoms with van der Waals surface area (Å²) in [6.45, 7) is 5.57. The van der Waals surface area contributed by atoms with Gasteiger partial charge in [-0.2, -0.15) is 0 Å². The Balaban J connectivity index is 1.97. The molecule has 4 nitrogen and oxygen atoms in total. The second-order valence-electron chi connectivity index (χ2n) is 4.66. The normalized spacial score (nSPS) is 21.2. The molecule has 1 unspecified atom stereocenters. The highest BCUT2D eigenvalue weighted by Crippen LogP contribution is 2.35. The molecule has 0 saturated heterocycles. The first kappa shape index (κ1) is 14.8. The molecule has 0 bridgehead atoms. The van der Waals surface area contributed by atoms with Crippen LogP contribution < -0.4 is 5.32 Å². The van der Waals surface area contributed by atoms with Crippen molar-refractivity contribution in [3.63, 3.8) is 0 Å². The van der Waals surface area contributed by atoms with Crippen molar-refractivity contribution in [2.75, 3.05) is 0 Å². The third-order valence-electron chi connectivity index (χ3n) is 3.38. The summed E-state index contributed by atoms with van der Waals surface area (Å²) in [5, 5.41) is 6.93. The largest absolute Gasteiger partial charge is 0.365 e. The molecule has 1 atom stereocenters. The molecule has 22 heavy (non-hydrogen) atoms. The van der Waals surface area contributed by atoms with Crippen molar-refractivity contribution < 1.29 is 0 Å². The van der Waals surface area contributed by atoms with Gasteiger partial charge in [0.25, 0.3) is 0 Å². The third kappa shape index (κ3) is 2.65. The monoisotopic (exact) mass is 330 g/mol. The van der Waals surface area contributed by atoms with Crippen molar-refractivity contribution in [2.24, 2.45) is 4.99 Å². The highest BCUT2D eigenvalue weighted by molar-refractivity contribution is 7.10. The molecular weight excluding hydrogens is 316 g/mol. The van der Waals surface area contributed by atoms with Crippen LogP contribution in [0.15, 0.2) is 70.1 Å². The molecule has 6 heteroatoms. The smallest absolute Gasteiger partial charge is 0.141 e. The summed E-state index contributed by atoms with van der Waals surface area (Å²) in [7, 11) is 0. The van der Waals surface area contributed by atoms with Gasteiger partial charge in [-0.25, -0.2) is 4.98 Å². The van der Waals surface area contributed by atoms with Crippen LogP contribution in [0, 0.1) is 0 Å². The minimum Gasteiger partial charge on any atom is -0.365 e. The Labute approximate surface area is 138 Å². The molecule has 0 amide bonds. The number of rotatable bonds is 4. The van der Waals surface area contributed by atoms with Crippen LogP contribution in [0.2, 0.25) is 0 Å². The van der Waals surface area contributed by atoms with Crippen molar-refractivity contribution >= 4 is 34.8 Å². The van der Waals surface area contributed by atoms with Crippen molar-refractivity contribution in [2.45, 2.75) is 13.1 Å². The van der Waals surface area contributed by atoms with E-state index in [0.29, 0.717) is 0 Å². The molecule has 0 spiro atoms. The number of thiazole rings is 1. The van der Waals surface area contributed by atoms with Gasteiger partial charge in [0.15, 0.2) is 0 Å². The quantitative estimate of drug-likeness (QED) is 0.852. The summed E-state index contributed by atoms with van der Waals surface area (Å²) >= 11 is 8.05. The van der Waals surface area contributed by atoms with E-state index in [0.717, 1.165) is 26.9 Å². The van der Waals surface area contributed by atoms with Crippen LogP contribution in [0.25, 0.3) is 5.70 Å². The van der Waals surface area contributed by atoms with Gasteiger partial charge >= 0.3 is 0 Å². The van der Waals surface area contributed by atoms with E-state index in [4.69, 9.17) is 11.6 Å². The zero-order valence-corrected chi connectivity index (χ0v) is 13.6. The van der Waals surface area contributed by atoms with Gasteiger partial charge in [-0.3, -0.25) is 4.99 Å². The summed E-state index contributed by atoms with van der Waals surface area (Å²) in [5.41, 5.74) is 3.00. The zero-order valence-electron chi connectivity index (χ0n) is 12.0. The number of aliphatic imine (C=N–C) groups is 1. The lowest BCUT2D eigenvalue weighted by Crippen LogP contribution is -2.35. The number of hydrogen-bond donors (Lipinski definition) is 1. The number of nitrogens with zero attached hydrogens (tertiary/aromatic N) is 3. The Hall–Kier alpha value is -2.11. The molecule has 1 aromatic rings. The van der Waals surface area contributed by atoms with E-state index in [9.17, 15) is 0 Å². The van der Waals surface area contributed by atoms with Gasteiger partial charge in [0.05, 0.1) is 10.7 Å². The van der Waals surface area contributed by atoms with Crippen molar-refractivity contribution in [3.05, 3.63) is 70.1 Å². The summed E-state index contributed by atoms with van der Waals surface area (Å²) < 4.78 is 0. The van der Waals surface area contributed by atoms with Crippen LogP contribution in [0.4, 0.5) is 0 Å². The SMILES string of the molecule is C=C/N=C\C(=C/C)C1=CN2C(c3nccs3)=CNC2C(Cl)=C1. The van der Waals surface area contributed by atoms with E-state index in [1.54, 1.807) is 23.7 Å². The minimum atomic E-state index is -0.0706. The zero-order chi connectivity index (χ0) is 15.5. The fourth-order valence-corrected chi connectivity index (χ4v) is 3.29. The molecule has 3 rings (SSSR count). The number of allylic oxidation sites excluding steroid dienone is 4. The Kier molecular flexibility index (Phi) is 4.27. The van der Waals surface area contributed by atoms with E-state index in [1.807, 2.05) is 30.7 Å². The Morgan fingerprint density at radius 2 is 2.45 bits per heavy atom. The molecule has 2 aliphatic rings. The third-order valence-corrected chi connectivity index (χ3v) is 4.49. The lowest BCUT2D eigenvalue weighted by Gasteiger charge is -2.29. The van der Waals surface area contributed by atoms with Gasteiger partial charge in [0, 0.05) is 42.0 Å². The van der Waals surface area contributed by atoms with Gasteiger partial charge in [-0.15, -0.1) is 11.3 Å². The van der Waals surface area contributed by atoms with Crippen molar-refractivity contribution in [1.29, 1.82) is 0 Å². The molecule has 3 heterocycles. The summed E-state index contributed by atoms with van der Waals surface area (Å²) in [6, 6.07) is 0. The number of aromatic nitrogens is 1. The maximum absolute atomic E-state index is 6.45. The molecule has 0 fully saturated rings. The summed E-state index contributed by atoms with van der Waals surface area (Å²) in [5.74, 6) is 0. The number of fused-ring (bicyclic) bond motifs is 1. The molecule has 112 valence electrons. The van der Waals surface area contributed by atoms with Gasteiger partial charge < -0.3 is 10.2 Å². The lowest BCUT2D eigenvalue weighted by molar-refractivity contribution is 0.432. The molecule has 0 radical (unpaired) electrons. The fourth-order valence-electron chi connectivity index (χ4n) is 2.35. The van der Waals surface area contributed by atoms with Crippen LogP contribution >= 0.6 is 22.9 Å². The predicted octanol–water partition coefficient (Wildman–Crippen LogP) is 3.85. The highest BCUT2D eigenvalue weighted by atomic mass is 35.5. The van der Waals surface area contributed by atoms with Crippen molar-refractivity contribution in [1.82, 2.24) is 15.2 Å². The van der Waals surface area contributed by atoms with Gasteiger partial charge in [0.2, 0.25) is 0 Å². The number of hydrogen-bond acceptors (Lipinski definition) is 5. The second kappa shape index (κ2) is 6.34. The van der Waals surface area contributed by atoms with E-state index in [-0.39, 0.29) is 6.17 Å². The summed E-state index contributed by atoms with van der Waals surface area (Å²) in [4.78, 5) is 10.6. The predicted molar refractivity (Wildman–Crippen MR) is 93.3 cm³/mol. The maximum atomic E-state index is 6.45. The molecule has 0 aliphatic carbocycles. The van der Waals surface area contributed by atoms with Gasteiger partial charge in [0.1, 0.15) is 11.2 Å². The van der Waals surface area contributed by atoms with Crippen LogP contribution in [-0.4, -0.2) is 22.3 Å². The average Bonchev–Trinajstić information content (AvgIpc) is 3.16. The van der Waals surface area contributed by atoms with Gasteiger partial charge in [-0.1, -0.05) is 24.3 Å². The van der Waals surface area contributed by atoms with E-state index in [1.165, 1.54) is 6.20 Å². The standard InChI is InChI=1S/C16H15ClN4S/c1-3-11(8-18-4-2)12-7-13(17)15-20-9-14(21(15)10-12)16-19-5-6-22-16/h3-10,15,20H,2H2,1H3/b11-3+,18-8-. The van der Waals surface area contributed by atoms with E-state index >= 15 is 0 Å². The van der Waals surface area contributed by atoms with E-state index < -0.39 is 0 Å². The minimum absolute atomic E-state index is 0.0706. The fraction of sp³-hybridized carbons (Fsp3) is 0.125. The molecule has 2 aliphatic heterocycles. The van der Waals surface area contributed by atoms with Crippen LogP contribution in [-0.2, 0) is 0 Å². The molecule has 1 N–H and O–H groups in total. The average molecular weight is 331 g/mol. The second-order valence-corrected chi connectivity index (χ2v) is 5.99. The Morgan fingerprint density at radius 1 is 1.59 bits per heavy atom. The first-order valence-corrected chi connectivity index (χ1v) is 8.04. The molecule has 0 aromatic carbocycles. The number of halogens is 1. The molecular formula is C16H15ClN4S. The Bertz CT molecular complexity index is 725. The molecule has 1 aromatic heterocycles. The van der Waals surface area contributed by atoms with Crippen LogP contribution in [0.3, 0.4) is 0 Å². The van der Waals surface area contributed by atoms with Crippen LogP contribution in [0.5, 0.6) is 0 Å².